The van der Waals surface area contributed by atoms with Gasteiger partial charge >= 0.3 is 42.3 Å². The van der Waals surface area contributed by atoms with Crippen molar-refractivity contribution in [1.82, 2.24) is 46.2 Å². The van der Waals surface area contributed by atoms with Crippen LogP contribution in [0.4, 0.5) is 19.2 Å². The monoisotopic (exact) mass is 1810 g/mol. The molecule has 4 saturated carbocycles. The van der Waals surface area contributed by atoms with E-state index < -0.39 is 125 Å². The number of carbonyl (C=O) groups is 13. The van der Waals surface area contributed by atoms with Crippen LogP contribution in [0.3, 0.4) is 0 Å². The molecule has 4 spiro atoms. The molecule has 4 aliphatic carbocycles. The molecule has 12 fully saturated rings. The summed E-state index contributed by atoms with van der Waals surface area (Å²) in [7, 11) is 0. The van der Waals surface area contributed by atoms with E-state index >= 15 is 0 Å². The van der Waals surface area contributed by atoms with Crippen molar-refractivity contribution in [2.24, 2.45) is 21.9 Å². The van der Waals surface area contributed by atoms with E-state index in [4.69, 9.17) is 62.4 Å². The van der Waals surface area contributed by atoms with Crippen LogP contribution < -0.4 is 26.6 Å². The van der Waals surface area contributed by atoms with E-state index in [9.17, 15) is 72.2 Å². The zero-order chi connectivity index (χ0) is 92.4. The molecule has 0 bridgehead atoms. The number of isocyanates is 1. The summed E-state index contributed by atoms with van der Waals surface area (Å²) < 4.78 is 70.8. The van der Waals surface area contributed by atoms with Gasteiger partial charge in [0.15, 0.2) is 23.1 Å². The van der Waals surface area contributed by atoms with Crippen molar-refractivity contribution in [3.05, 3.63) is 154 Å². The molecular weight excluding hydrogens is 1700 g/mol. The third kappa shape index (κ3) is 26.2. The SMILES string of the molecule is CC(=O)N[C@@H]1CC2(CCC1N1CC[C@H](NC(=O)OCc3ccccc3)C1=O)OCCO2.CC(=O)OC(C)=O.O=C(N[C@H]1CCN(C2CCC3(C[C@H]2C(=O)O)OCCO3)C1=O)OCc1ccccc1.O=C=N[C@@H]1CC2(CCC1N1CC[C@H](NC(=O)OCc3ccccc3)C1=O)OCCO2.[N-]=[N+]=NC(=O)[C@@H]1CC2(CCC1N1CC[C@H](NC(=O)OCc3ccccc3)C1=O)OCCO2. The lowest BCUT2D eigenvalue weighted by molar-refractivity contribution is -0.202. The van der Waals surface area contributed by atoms with E-state index in [2.05, 4.69) is 46.3 Å². The lowest BCUT2D eigenvalue weighted by Gasteiger charge is -2.44. The molecule has 700 valence electrons. The Morgan fingerprint density at radius 1 is 0.415 bits per heavy atom. The van der Waals surface area contributed by atoms with E-state index in [0.29, 0.717) is 169 Å². The zero-order valence-corrected chi connectivity index (χ0v) is 72.7. The first-order valence-corrected chi connectivity index (χ1v) is 43.7. The number of benzene rings is 4. The standard InChI is InChI=1S/C22H29N3O6.C21H25N5O6.C21H25N3O6.C21H26N2O7.C4H6O3/c1-15(26)23-18-13-22(30-11-12-31-22)9-7-19(18)25-10-8-17(20(25)27)24-21(28)29-14-16-5-3-2-4-6-16;22-25-24-18(27)15-12-21(31-10-11-32-21)8-6-17(15)26-9-7-16(19(26)28)23-20(29)30-13-14-4-2-1-3-5-14;25-14-22-17-12-21(29-10-11-30-21)8-6-18(17)24-9-7-16(19(24)26)23-20(27)28-13-15-4-2-1-3-5-15;24-18-16(22-20(27)28-13-14-4-2-1-3-5-14)7-9-23(18)17-6-8-21(29-10-11-30-21)12-15(17)19(25)26;1-3(5)7-4(2)6/h2-6,17-19H,7-14H2,1H3,(H,23,26)(H,24,28);1-5,15-17H,6-13H2,(H,23,29);1-5,16-18H,6-13H2,(H,23,27);1-5,15-17H,6-13H2,(H,22,27)(H,25,26);1-2H3/t17-,18+,19?;15-,16+,17?;16-,17+,18?;15-,16+,17?;/m0101./s1. The number of aliphatic carboxylic acids is 1. The number of esters is 2. The first kappa shape index (κ1) is 97.0. The van der Waals surface area contributed by atoms with Crippen LogP contribution in [0.15, 0.2) is 131 Å². The Morgan fingerprint density at radius 2 is 0.708 bits per heavy atom. The maximum Gasteiger partial charge on any atom is 0.408 e. The molecule has 130 heavy (non-hydrogen) atoms. The van der Waals surface area contributed by atoms with Gasteiger partial charge in [0.25, 0.3) is 0 Å². The third-order valence-corrected chi connectivity index (χ3v) is 24.7. The number of nitrogens with one attached hydrogen (secondary N) is 5. The quantitative estimate of drug-likeness (QED) is 0.00783. The molecular formula is C89H111N13O28. The molecule has 4 aromatic rings. The summed E-state index contributed by atoms with van der Waals surface area (Å²) in [5, 5.41) is 26.6. The predicted octanol–water partition coefficient (Wildman–Crippen LogP) is 6.70. The van der Waals surface area contributed by atoms with Crippen LogP contribution in [0.1, 0.15) is 146 Å². The average molecular weight is 1810 g/mol. The molecule has 8 saturated heterocycles. The van der Waals surface area contributed by atoms with Gasteiger partial charge in [-0.1, -0.05) is 121 Å². The second-order valence-electron chi connectivity index (χ2n) is 33.2. The smallest absolute Gasteiger partial charge is 0.408 e. The summed E-state index contributed by atoms with van der Waals surface area (Å²) in [6.07, 6.45) is 6.75. The lowest BCUT2D eigenvalue weighted by atomic mass is 9.79. The largest absolute Gasteiger partial charge is 0.481 e. The van der Waals surface area contributed by atoms with Crippen molar-refractivity contribution >= 4 is 83.8 Å². The van der Waals surface area contributed by atoms with Gasteiger partial charge in [-0.25, -0.2) is 29.0 Å². The summed E-state index contributed by atoms with van der Waals surface area (Å²) in [6, 6.07) is 32.5. The summed E-state index contributed by atoms with van der Waals surface area (Å²) >= 11 is 0. The molecule has 41 heteroatoms. The van der Waals surface area contributed by atoms with E-state index in [1.54, 1.807) is 25.7 Å². The van der Waals surface area contributed by atoms with Gasteiger partial charge in [-0.15, -0.1) is 0 Å². The number of likely N-dealkylation sites (tertiary alicyclic amines) is 4. The number of azide groups is 1. The highest BCUT2D eigenvalue weighted by Crippen LogP contribution is 2.46. The van der Waals surface area contributed by atoms with Crippen LogP contribution in [0.2, 0.25) is 0 Å². The minimum atomic E-state index is -0.968. The topological polar surface area (TPSA) is 513 Å². The molecule has 0 radical (unpaired) electrons. The molecule has 12 atom stereocenters. The summed E-state index contributed by atoms with van der Waals surface area (Å²) in [4.78, 5) is 181. The lowest BCUT2D eigenvalue weighted by Crippen LogP contribution is -2.59. The fourth-order valence-electron chi connectivity index (χ4n) is 18.8. The van der Waals surface area contributed by atoms with Gasteiger partial charge in [-0.3, -0.25) is 43.2 Å². The fraction of sp³-hybridized carbons (Fsp3) is 0.573. The summed E-state index contributed by atoms with van der Waals surface area (Å²) in [6.45, 7) is 9.98. The second kappa shape index (κ2) is 46.0. The maximum atomic E-state index is 13.0. The highest BCUT2D eigenvalue weighted by molar-refractivity contribution is 5.91. The maximum absolute atomic E-state index is 13.0. The van der Waals surface area contributed by atoms with Gasteiger partial charge in [0, 0.05) is 121 Å². The van der Waals surface area contributed by atoms with Gasteiger partial charge in [0.05, 0.1) is 82.9 Å². The molecule has 41 nitrogen and oxygen atoms in total. The minimum absolute atomic E-state index is 0.102. The summed E-state index contributed by atoms with van der Waals surface area (Å²) in [5.41, 5.74) is 12.2. The minimum Gasteiger partial charge on any atom is -0.481 e. The highest BCUT2D eigenvalue weighted by atomic mass is 16.8. The Bertz CT molecular complexity index is 4570. The molecule has 4 aromatic carbocycles. The van der Waals surface area contributed by atoms with Crippen LogP contribution in [0.25, 0.3) is 10.4 Å². The fourth-order valence-corrected chi connectivity index (χ4v) is 18.8. The predicted molar refractivity (Wildman–Crippen MR) is 449 cm³/mol. The molecule has 16 rings (SSSR count). The van der Waals surface area contributed by atoms with E-state index in [1.807, 2.05) is 121 Å². The van der Waals surface area contributed by atoms with Crippen molar-refractivity contribution in [3.63, 3.8) is 0 Å². The van der Waals surface area contributed by atoms with Crippen LogP contribution in [-0.2, 0) is 136 Å². The zero-order valence-electron chi connectivity index (χ0n) is 72.7. The second-order valence-corrected chi connectivity index (χ2v) is 33.2. The van der Waals surface area contributed by atoms with Crippen LogP contribution >= 0.6 is 0 Å². The van der Waals surface area contributed by atoms with Gasteiger partial charge in [0.1, 0.15) is 50.6 Å². The van der Waals surface area contributed by atoms with Crippen LogP contribution in [0, 0.1) is 11.8 Å². The van der Waals surface area contributed by atoms with Gasteiger partial charge in [0.2, 0.25) is 41.5 Å². The van der Waals surface area contributed by atoms with Crippen molar-refractivity contribution < 1.29 is 134 Å². The number of carboxylic acid groups (broad SMARTS) is 1. The number of ether oxygens (including phenoxy) is 13. The van der Waals surface area contributed by atoms with E-state index in [-0.39, 0.29) is 86.9 Å². The van der Waals surface area contributed by atoms with Crippen LogP contribution in [-0.4, -0.2) is 271 Å². The Labute approximate surface area is 749 Å². The first-order valence-electron chi connectivity index (χ1n) is 43.7. The number of hydrogen-bond donors (Lipinski definition) is 6. The molecule has 8 heterocycles. The molecule has 0 aromatic heterocycles. The van der Waals surface area contributed by atoms with Gasteiger partial charge in [-0.05, 0) is 84.3 Å². The molecule has 6 N–H and O–H groups in total. The average Bonchev–Trinajstić information content (AvgIpc) is 1.60. The Morgan fingerprint density at radius 3 is 1.02 bits per heavy atom. The molecule has 12 aliphatic rings. The first-order chi connectivity index (χ1) is 62.7. The number of alkyl carbamates (subject to hydrolysis) is 4. The van der Waals surface area contributed by atoms with Crippen molar-refractivity contribution in [2.75, 3.05) is 79.0 Å². The van der Waals surface area contributed by atoms with E-state index in [1.165, 1.54) is 20.8 Å². The molecule has 4 unspecified atom stereocenters. The molecule has 8 aliphatic heterocycles. The Balaban J connectivity index is 0.000000153. The summed E-state index contributed by atoms with van der Waals surface area (Å²) in [5.74, 6) is -8.40. The number of rotatable bonds is 20. The number of carbonyl (C=O) groups excluding carboxylic acids is 13. The van der Waals surface area contributed by atoms with E-state index in [0.717, 1.165) is 22.3 Å². The third-order valence-electron chi connectivity index (χ3n) is 24.7. The number of nitrogens with zero attached hydrogens (tertiary/aromatic N) is 8. The normalized spacial score (nSPS) is 26.3. The van der Waals surface area contributed by atoms with Crippen molar-refractivity contribution in [3.8, 4) is 0 Å². The van der Waals surface area contributed by atoms with Crippen LogP contribution in [0.5, 0.6) is 0 Å². The Hall–Kier alpha value is -12.0. The molecule has 10 amide bonds. The Kier molecular flexibility index (Phi) is 34.3. The number of aliphatic imine (C=N–C) groups is 1. The highest BCUT2D eigenvalue weighted by Gasteiger charge is 2.56. The number of amides is 10. The van der Waals surface area contributed by atoms with Gasteiger partial charge < -0.3 is 113 Å². The number of carboxylic acids is 1. The van der Waals surface area contributed by atoms with Crippen molar-refractivity contribution in [2.45, 2.75) is 233 Å². The van der Waals surface area contributed by atoms with Gasteiger partial charge in [-0.2, -0.15) is 0 Å². The number of hydrogen-bond acceptors (Lipinski definition) is 28. The van der Waals surface area contributed by atoms with Crippen molar-refractivity contribution in [1.29, 1.82) is 0 Å².